The Morgan fingerprint density at radius 3 is 2.94 bits per heavy atom. The van der Waals surface area contributed by atoms with Gasteiger partial charge in [0, 0.05) is 37.7 Å². The smallest absolute Gasteiger partial charge is 0.314 e. The van der Waals surface area contributed by atoms with Gasteiger partial charge in [0.15, 0.2) is 12.2 Å². The largest absolute Gasteiger partial charge is 0.472 e. The third kappa shape index (κ3) is 1.61. The molecule has 0 bridgehead atoms. The van der Waals surface area contributed by atoms with Crippen LogP contribution in [-0.2, 0) is 10.3 Å². The predicted molar refractivity (Wildman–Crippen MR) is 65.5 cm³/mol. The third-order valence-electron chi connectivity index (χ3n) is 3.61. The molecule has 2 aliphatic rings. The fraction of sp³-hybridized carbons (Fsp3) is 0.417. The fourth-order valence-corrected chi connectivity index (χ4v) is 2.57. The highest BCUT2D eigenvalue weighted by molar-refractivity contribution is 5.72. The number of amides is 2. The molecule has 0 radical (unpaired) electrons. The van der Waals surface area contributed by atoms with E-state index in [9.17, 15) is 4.79 Å². The lowest BCUT2D eigenvalue weighted by atomic mass is 9.84. The molecular weight excluding hydrogens is 232 g/mol. The van der Waals surface area contributed by atoms with Crippen LogP contribution in [0.2, 0.25) is 0 Å². The van der Waals surface area contributed by atoms with Crippen LogP contribution in [-0.4, -0.2) is 35.4 Å². The summed E-state index contributed by atoms with van der Waals surface area (Å²) in [5.74, 6) is 0.705. The molecule has 1 aromatic rings. The molecule has 2 N–H and O–H groups in total. The van der Waals surface area contributed by atoms with Crippen LogP contribution in [0.5, 0.6) is 0 Å². The maximum atomic E-state index is 11.1. The van der Waals surface area contributed by atoms with Crippen molar-refractivity contribution in [2.45, 2.75) is 18.4 Å². The third-order valence-corrected chi connectivity index (χ3v) is 3.61. The number of likely N-dealkylation sites (tertiary alicyclic amines) is 1. The molecule has 6 nitrogen and oxygen atoms in total. The number of fused-ring (bicyclic) bond motifs is 2. The number of pyridine rings is 1. The highest BCUT2D eigenvalue weighted by Gasteiger charge is 2.42. The topological polar surface area (TPSA) is 80.8 Å². The number of primary amides is 1. The van der Waals surface area contributed by atoms with Crippen molar-refractivity contribution in [3.63, 3.8) is 0 Å². The van der Waals surface area contributed by atoms with Gasteiger partial charge in [-0.15, -0.1) is 0 Å². The first kappa shape index (κ1) is 11.0. The monoisotopic (exact) mass is 246 g/mol. The minimum Gasteiger partial charge on any atom is -0.472 e. The minimum absolute atomic E-state index is 0.374. The Morgan fingerprint density at radius 1 is 1.44 bits per heavy atom. The molecule has 0 unspecified atom stereocenters. The number of rotatable bonds is 0. The Morgan fingerprint density at radius 2 is 2.22 bits per heavy atom. The summed E-state index contributed by atoms with van der Waals surface area (Å²) in [5.41, 5.74) is 5.88. The summed E-state index contributed by atoms with van der Waals surface area (Å²) in [7, 11) is 0. The zero-order valence-electron chi connectivity index (χ0n) is 9.87. The summed E-state index contributed by atoms with van der Waals surface area (Å²) in [5, 5.41) is 0. The van der Waals surface area contributed by atoms with Crippen LogP contribution < -0.4 is 5.73 Å². The summed E-state index contributed by atoms with van der Waals surface area (Å²) in [6.07, 6.45) is 4.59. The number of nitrogens with two attached hydrogens (primary N) is 1. The zero-order valence-corrected chi connectivity index (χ0v) is 9.87. The average Bonchev–Trinajstić information content (AvgIpc) is 2.40. The number of urea groups is 1. The lowest BCUT2D eigenvalue weighted by Crippen LogP contribution is -2.48. The van der Waals surface area contributed by atoms with E-state index in [1.54, 1.807) is 11.1 Å². The Labute approximate surface area is 104 Å². The Kier molecular flexibility index (Phi) is 2.43. The highest BCUT2D eigenvalue weighted by atomic mass is 16.5. The summed E-state index contributed by atoms with van der Waals surface area (Å²) >= 11 is 0. The molecule has 0 saturated carbocycles. The second kappa shape index (κ2) is 3.97. The predicted octanol–water partition coefficient (Wildman–Crippen LogP) is 1.14. The lowest BCUT2D eigenvalue weighted by molar-refractivity contribution is 0.000429. The number of aliphatic imine (C=N–C) groups is 1. The van der Waals surface area contributed by atoms with Crippen molar-refractivity contribution in [3.8, 4) is 0 Å². The van der Waals surface area contributed by atoms with E-state index in [-0.39, 0.29) is 6.03 Å². The molecular formula is C12H14N4O2. The highest BCUT2D eigenvalue weighted by Crippen LogP contribution is 2.42. The molecule has 3 rings (SSSR count). The van der Waals surface area contributed by atoms with Crippen LogP contribution >= 0.6 is 0 Å². The van der Waals surface area contributed by atoms with Crippen molar-refractivity contribution in [2.75, 3.05) is 13.1 Å². The van der Waals surface area contributed by atoms with E-state index < -0.39 is 5.60 Å². The number of aromatic nitrogens is 1. The van der Waals surface area contributed by atoms with Gasteiger partial charge in [0.05, 0.1) is 0 Å². The van der Waals surface area contributed by atoms with Crippen LogP contribution in [0.4, 0.5) is 10.6 Å². The molecule has 0 atom stereocenters. The molecule has 2 amide bonds. The zero-order chi connectivity index (χ0) is 12.6. The van der Waals surface area contributed by atoms with E-state index in [1.165, 1.54) is 6.40 Å². The molecule has 1 fully saturated rings. The number of piperidine rings is 1. The Hall–Kier alpha value is -2.11. The van der Waals surface area contributed by atoms with E-state index >= 15 is 0 Å². The van der Waals surface area contributed by atoms with E-state index in [0.717, 1.165) is 5.56 Å². The van der Waals surface area contributed by atoms with Gasteiger partial charge in [0.2, 0.25) is 0 Å². The maximum Gasteiger partial charge on any atom is 0.314 e. The van der Waals surface area contributed by atoms with E-state index in [4.69, 9.17) is 10.5 Å². The summed E-state index contributed by atoms with van der Waals surface area (Å²) < 4.78 is 5.75. The van der Waals surface area contributed by atoms with Crippen molar-refractivity contribution < 1.29 is 9.53 Å². The molecule has 1 saturated heterocycles. The van der Waals surface area contributed by atoms with Gasteiger partial charge in [-0.3, -0.25) is 0 Å². The first-order chi connectivity index (χ1) is 8.71. The van der Waals surface area contributed by atoms with Crippen molar-refractivity contribution >= 4 is 18.2 Å². The number of nitrogens with zero attached hydrogens (tertiary/aromatic N) is 3. The molecule has 2 aliphatic heterocycles. The molecule has 0 aromatic carbocycles. The molecule has 1 spiro atoms. The van der Waals surface area contributed by atoms with Gasteiger partial charge in [0.1, 0.15) is 5.60 Å². The van der Waals surface area contributed by atoms with Crippen LogP contribution in [0.25, 0.3) is 0 Å². The van der Waals surface area contributed by atoms with Crippen LogP contribution in [0, 0.1) is 0 Å². The Balaban J connectivity index is 1.90. The molecule has 94 valence electrons. The molecule has 3 heterocycles. The number of hydrogen-bond donors (Lipinski definition) is 1. The number of carbonyl (C=O) groups excluding carboxylic acids is 1. The standard InChI is InChI=1S/C12H14N4O2/c13-11(17)16-6-3-12(4-7-16)9-2-1-5-14-10(9)15-8-18-12/h1-2,5,8H,3-4,6-7H2,(H2,13,17). The molecule has 6 heteroatoms. The second-order valence-corrected chi connectivity index (χ2v) is 4.55. The Bertz CT molecular complexity index is 507. The van der Waals surface area contributed by atoms with Crippen molar-refractivity contribution in [1.29, 1.82) is 0 Å². The SMILES string of the molecule is NC(=O)N1CCC2(CC1)OC=Nc1ncccc12. The van der Waals surface area contributed by atoms with Crippen LogP contribution in [0.3, 0.4) is 0 Å². The first-order valence-corrected chi connectivity index (χ1v) is 5.91. The van der Waals surface area contributed by atoms with Crippen molar-refractivity contribution in [2.24, 2.45) is 10.7 Å². The van der Waals surface area contributed by atoms with E-state index in [2.05, 4.69) is 9.98 Å². The number of carbonyl (C=O) groups is 1. The average molecular weight is 246 g/mol. The van der Waals surface area contributed by atoms with Gasteiger partial charge in [-0.25, -0.2) is 14.8 Å². The van der Waals surface area contributed by atoms with Crippen LogP contribution in [0.15, 0.2) is 23.3 Å². The minimum atomic E-state index is -0.405. The summed E-state index contributed by atoms with van der Waals surface area (Å²) in [4.78, 5) is 21.1. The van der Waals surface area contributed by atoms with Gasteiger partial charge >= 0.3 is 6.03 Å². The normalized spacial score (nSPS) is 20.3. The second-order valence-electron chi connectivity index (χ2n) is 4.55. The van der Waals surface area contributed by atoms with E-state index in [0.29, 0.717) is 31.7 Å². The summed E-state index contributed by atoms with van der Waals surface area (Å²) in [6, 6.07) is 3.49. The lowest BCUT2D eigenvalue weighted by Gasteiger charge is -2.41. The fourth-order valence-electron chi connectivity index (χ4n) is 2.57. The van der Waals surface area contributed by atoms with Gasteiger partial charge in [-0.2, -0.15) is 0 Å². The number of ether oxygens (including phenoxy) is 1. The van der Waals surface area contributed by atoms with Gasteiger partial charge < -0.3 is 15.4 Å². The van der Waals surface area contributed by atoms with Crippen LogP contribution in [0.1, 0.15) is 18.4 Å². The summed E-state index contributed by atoms with van der Waals surface area (Å²) in [6.45, 7) is 1.19. The van der Waals surface area contributed by atoms with Crippen molar-refractivity contribution in [1.82, 2.24) is 9.88 Å². The molecule has 0 aliphatic carbocycles. The molecule has 1 aromatic heterocycles. The van der Waals surface area contributed by atoms with Gasteiger partial charge in [-0.1, -0.05) is 0 Å². The quantitative estimate of drug-likeness (QED) is 0.745. The number of hydrogen-bond acceptors (Lipinski definition) is 4. The maximum absolute atomic E-state index is 11.1. The van der Waals surface area contributed by atoms with Gasteiger partial charge in [0.25, 0.3) is 0 Å². The van der Waals surface area contributed by atoms with E-state index in [1.807, 2.05) is 12.1 Å². The van der Waals surface area contributed by atoms with Gasteiger partial charge in [-0.05, 0) is 12.1 Å². The first-order valence-electron chi connectivity index (χ1n) is 5.91. The van der Waals surface area contributed by atoms with Crippen molar-refractivity contribution in [3.05, 3.63) is 23.9 Å². The molecule has 18 heavy (non-hydrogen) atoms.